The average molecular weight is 691 g/mol. The minimum Gasteiger partial charge on any atom is -0.320 e. The van der Waals surface area contributed by atoms with Gasteiger partial charge >= 0.3 is 0 Å². The van der Waals surface area contributed by atoms with Gasteiger partial charge in [-0.3, -0.25) is 0 Å². The zero-order chi connectivity index (χ0) is 35.9. The van der Waals surface area contributed by atoms with Crippen molar-refractivity contribution in [2.24, 2.45) is 0 Å². The van der Waals surface area contributed by atoms with E-state index in [1.54, 1.807) is 5.56 Å². The Morgan fingerprint density at radius 3 is 0.940 bits per heavy atom. The number of unbranched alkanes of at least 4 members (excludes halogenated alkanes) is 24. The van der Waals surface area contributed by atoms with Crippen molar-refractivity contribution in [3.8, 4) is 0 Å². The monoisotopic (exact) mass is 691 g/mol. The Kier molecular flexibility index (Phi) is 34.5. The lowest BCUT2D eigenvalue weighted by Gasteiger charge is -2.39. The Balaban J connectivity index is 2.58. The second kappa shape index (κ2) is 37.2. The second-order valence-electron chi connectivity index (χ2n) is 15.7. The number of rotatable bonds is 38. The van der Waals surface area contributed by atoms with Crippen LogP contribution in [0.3, 0.4) is 0 Å². The van der Waals surface area contributed by atoms with Crippen molar-refractivity contribution in [1.82, 2.24) is 0 Å². The third kappa shape index (κ3) is 30.1. The molecule has 0 aromatic heterocycles. The van der Waals surface area contributed by atoms with Gasteiger partial charge in [-0.15, -0.1) is 0 Å². The predicted octanol–water partition coefficient (Wildman–Crippen LogP) is 16.4. The largest absolute Gasteiger partial charge is 0.320 e. The molecule has 0 N–H and O–H groups in total. The first-order valence-corrected chi connectivity index (χ1v) is 22.6. The smallest absolute Gasteiger partial charge is 0.104 e. The maximum Gasteiger partial charge on any atom is 0.104 e. The van der Waals surface area contributed by atoms with Crippen LogP contribution in [-0.4, -0.2) is 24.1 Å². The summed E-state index contributed by atoms with van der Waals surface area (Å²) < 4.78 is 1.33. The van der Waals surface area contributed by atoms with Crippen molar-refractivity contribution in [1.29, 1.82) is 0 Å². The fourth-order valence-electron chi connectivity index (χ4n) is 7.47. The molecule has 0 spiro atoms. The number of hydrogen-bond acceptors (Lipinski definition) is 0. The Morgan fingerprint density at radius 2 is 0.620 bits per heavy atom. The summed E-state index contributed by atoms with van der Waals surface area (Å²) in [6.07, 6.45) is 55.5. The molecule has 0 atom stereocenters. The van der Waals surface area contributed by atoms with Gasteiger partial charge in [-0.1, -0.05) is 184 Å². The van der Waals surface area contributed by atoms with E-state index >= 15 is 0 Å². The van der Waals surface area contributed by atoms with E-state index in [-0.39, 0.29) is 0 Å². The van der Waals surface area contributed by atoms with Gasteiger partial charge in [0.2, 0.25) is 0 Å². The quantitative estimate of drug-likeness (QED) is 0.0368. The first-order valence-electron chi connectivity index (χ1n) is 22.6. The van der Waals surface area contributed by atoms with Crippen LogP contribution in [0.25, 0.3) is 0 Å². The highest BCUT2D eigenvalue weighted by molar-refractivity contribution is 5.13. The molecule has 1 nitrogen and oxygen atoms in total. The molecule has 0 aliphatic rings. The van der Waals surface area contributed by atoms with E-state index in [1.165, 1.54) is 223 Å². The number of hydrogen-bond donors (Lipinski definition) is 0. The molecule has 0 aliphatic heterocycles. The minimum absolute atomic E-state index is 1.24. The summed E-state index contributed by atoms with van der Waals surface area (Å²) in [4.78, 5) is 0. The summed E-state index contributed by atoms with van der Waals surface area (Å²) in [6, 6.07) is 11.5. The summed E-state index contributed by atoms with van der Waals surface area (Å²) in [6.45, 7) is 12.2. The van der Waals surface area contributed by atoms with E-state index in [2.05, 4.69) is 87.6 Å². The van der Waals surface area contributed by atoms with Crippen molar-refractivity contribution >= 4 is 0 Å². The van der Waals surface area contributed by atoms with Gasteiger partial charge in [0.1, 0.15) is 6.54 Å². The van der Waals surface area contributed by atoms with Crippen LogP contribution in [0.4, 0.5) is 0 Å². The van der Waals surface area contributed by atoms with Crippen molar-refractivity contribution in [2.45, 2.75) is 220 Å². The van der Waals surface area contributed by atoms with Crippen LogP contribution in [0.15, 0.2) is 66.8 Å². The minimum atomic E-state index is 1.24. The lowest BCUT2D eigenvalue weighted by molar-refractivity contribution is -0.941. The molecule has 1 heteroatoms. The fourth-order valence-corrected chi connectivity index (χ4v) is 7.47. The highest BCUT2D eigenvalue weighted by Crippen LogP contribution is 2.23. The van der Waals surface area contributed by atoms with Crippen LogP contribution in [-0.2, 0) is 6.54 Å². The van der Waals surface area contributed by atoms with Gasteiger partial charge < -0.3 is 4.48 Å². The van der Waals surface area contributed by atoms with Crippen molar-refractivity contribution < 1.29 is 4.48 Å². The molecule has 50 heavy (non-hydrogen) atoms. The molecule has 0 heterocycles. The molecule has 0 unspecified atom stereocenters. The number of benzene rings is 1. The zero-order valence-electron chi connectivity index (χ0n) is 34.3. The van der Waals surface area contributed by atoms with Gasteiger partial charge in [0.15, 0.2) is 0 Å². The summed E-state index contributed by atoms with van der Waals surface area (Å²) in [5.74, 6) is 0. The van der Waals surface area contributed by atoms with E-state index in [1.807, 2.05) is 0 Å². The molecule has 0 aliphatic carbocycles. The van der Waals surface area contributed by atoms with Crippen LogP contribution in [0.2, 0.25) is 0 Å². The van der Waals surface area contributed by atoms with Crippen LogP contribution in [0.5, 0.6) is 0 Å². The first-order chi connectivity index (χ1) is 24.8. The molecule has 0 saturated carbocycles. The van der Waals surface area contributed by atoms with Crippen molar-refractivity contribution in [3.05, 3.63) is 72.4 Å². The van der Waals surface area contributed by atoms with Gasteiger partial charge in [-0.25, -0.2) is 0 Å². The molecule has 0 radical (unpaired) electrons. The Labute approximate surface area is 315 Å². The van der Waals surface area contributed by atoms with Crippen LogP contribution < -0.4 is 0 Å². The van der Waals surface area contributed by atoms with Gasteiger partial charge in [0.25, 0.3) is 0 Å². The zero-order valence-corrected chi connectivity index (χ0v) is 34.3. The van der Waals surface area contributed by atoms with Crippen LogP contribution in [0.1, 0.15) is 219 Å². The van der Waals surface area contributed by atoms with Gasteiger partial charge in [-0.05, 0) is 96.3 Å². The molecule has 1 aromatic carbocycles. The third-order valence-corrected chi connectivity index (χ3v) is 10.8. The maximum atomic E-state index is 2.44. The highest BCUT2D eigenvalue weighted by Gasteiger charge is 2.26. The van der Waals surface area contributed by atoms with E-state index in [0.29, 0.717) is 0 Å². The topological polar surface area (TPSA) is 0 Å². The summed E-state index contributed by atoms with van der Waals surface area (Å²) >= 11 is 0. The Bertz CT molecular complexity index is 796. The fraction of sp³-hybridized carbons (Fsp3) is 0.755. The molecular weight excluding hydrogens is 603 g/mol. The molecule has 0 amide bonds. The Hall–Kier alpha value is -1.60. The maximum absolute atomic E-state index is 2.44. The number of allylic oxidation sites excluding steroid dienone is 6. The summed E-state index contributed by atoms with van der Waals surface area (Å²) in [5, 5.41) is 0. The van der Waals surface area contributed by atoms with Gasteiger partial charge in [0.05, 0.1) is 19.6 Å². The molecule has 1 aromatic rings. The van der Waals surface area contributed by atoms with Gasteiger partial charge in [-0.2, -0.15) is 0 Å². The molecular formula is C49H88N+. The second-order valence-corrected chi connectivity index (χ2v) is 15.7. The van der Waals surface area contributed by atoms with Gasteiger partial charge in [0, 0.05) is 5.56 Å². The van der Waals surface area contributed by atoms with E-state index < -0.39 is 0 Å². The summed E-state index contributed by atoms with van der Waals surface area (Å²) in [5.41, 5.74) is 1.55. The SMILES string of the molecule is CCCC/C=C/CCCCCCCC[N+](CCCCCCCC/C=C/CCCC)(CCCCCCCC/C=C/CCCC)Cc1ccccc1. The third-order valence-electron chi connectivity index (χ3n) is 10.8. The van der Waals surface area contributed by atoms with Crippen LogP contribution in [0, 0.1) is 0 Å². The highest BCUT2D eigenvalue weighted by atomic mass is 15.3. The van der Waals surface area contributed by atoms with Crippen LogP contribution >= 0.6 is 0 Å². The summed E-state index contributed by atoms with van der Waals surface area (Å²) in [7, 11) is 0. The standard InChI is InChI=1S/C49H88N/c1-4-7-10-13-16-19-22-25-28-31-34-40-45-50(48-49-43-38-37-39-44-49,46-41-35-32-29-26-23-20-17-14-11-8-5-2)47-42-36-33-30-27-24-21-18-15-12-9-6-3/h13-18,37-39,43-44H,4-12,19-36,40-42,45-48H2,1-3H3/q+1/b16-13+,17-14+,18-15+. The lowest BCUT2D eigenvalue weighted by Crippen LogP contribution is -2.49. The lowest BCUT2D eigenvalue weighted by atomic mass is 10.0. The van der Waals surface area contributed by atoms with E-state index in [9.17, 15) is 0 Å². The van der Waals surface area contributed by atoms with Crippen molar-refractivity contribution in [2.75, 3.05) is 19.6 Å². The average Bonchev–Trinajstić information content (AvgIpc) is 3.13. The molecule has 0 saturated heterocycles. The molecule has 1 rings (SSSR count). The van der Waals surface area contributed by atoms with Crippen molar-refractivity contribution in [3.63, 3.8) is 0 Å². The normalized spacial score (nSPS) is 12.4. The molecule has 0 bridgehead atoms. The number of quaternary nitrogens is 1. The number of nitrogens with zero attached hydrogens (tertiary/aromatic N) is 1. The first kappa shape index (κ1) is 46.4. The molecule has 0 fully saturated rings. The Morgan fingerprint density at radius 1 is 0.340 bits per heavy atom. The van der Waals surface area contributed by atoms with E-state index in [0.717, 1.165) is 0 Å². The molecule has 288 valence electrons. The van der Waals surface area contributed by atoms with E-state index in [4.69, 9.17) is 0 Å². The predicted molar refractivity (Wildman–Crippen MR) is 228 cm³/mol.